The molecule has 0 unspecified atom stereocenters. The van der Waals surface area contributed by atoms with Gasteiger partial charge in [0.2, 0.25) is 0 Å². The molecule has 0 atom stereocenters. The van der Waals surface area contributed by atoms with Crippen LogP contribution in [0.4, 0.5) is 14.5 Å². The highest BCUT2D eigenvalue weighted by molar-refractivity contribution is 7.12. The van der Waals surface area contributed by atoms with Gasteiger partial charge in [0.05, 0.1) is 16.9 Å². The van der Waals surface area contributed by atoms with Crippen molar-refractivity contribution in [1.29, 1.82) is 5.26 Å². The van der Waals surface area contributed by atoms with Crippen LogP contribution in [-0.2, 0) is 0 Å². The van der Waals surface area contributed by atoms with Gasteiger partial charge in [-0.2, -0.15) is 10.4 Å². The number of halogens is 2. The van der Waals surface area contributed by atoms with Crippen LogP contribution in [0.2, 0.25) is 0 Å². The fraction of sp³-hybridized carbons (Fsp3) is 0. The Hall–Kier alpha value is -3.64. The topological polar surface area (TPSA) is 98.4 Å². The van der Waals surface area contributed by atoms with E-state index in [1.54, 1.807) is 12.1 Å². The number of rotatable bonds is 5. The molecular weight excluding hydrogens is 374 g/mol. The van der Waals surface area contributed by atoms with Crippen molar-refractivity contribution in [3.05, 3.63) is 70.1 Å². The number of nitriles is 1. The van der Waals surface area contributed by atoms with E-state index in [0.29, 0.717) is 0 Å². The molecule has 6 nitrogen and oxygen atoms in total. The molecule has 0 amide bonds. The fourth-order valence-corrected chi connectivity index (χ4v) is 2.96. The maximum absolute atomic E-state index is 13.9. The average molecular weight is 384 g/mol. The molecule has 2 aromatic carbocycles. The second kappa shape index (κ2) is 7.72. The molecule has 3 aromatic rings. The monoisotopic (exact) mass is 384 g/mol. The minimum Gasteiger partial charge on any atom is -0.478 e. The SMILES string of the molecule is N#CC(=NNc1ccccc1C(=O)O)c1nc(-c2cc(F)ccc2F)cs1. The number of hydrogen-bond donors (Lipinski definition) is 2. The van der Waals surface area contributed by atoms with Crippen LogP contribution in [0.5, 0.6) is 0 Å². The van der Waals surface area contributed by atoms with Crippen molar-refractivity contribution in [2.24, 2.45) is 5.10 Å². The number of nitrogens with zero attached hydrogens (tertiary/aromatic N) is 3. The van der Waals surface area contributed by atoms with Crippen molar-refractivity contribution in [3.63, 3.8) is 0 Å². The van der Waals surface area contributed by atoms with Crippen molar-refractivity contribution in [2.75, 3.05) is 5.43 Å². The number of para-hydroxylation sites is 1. The number of hydrogen-bond acceptors (Lipinski definition) is 6. The third kappa shape index (κ3) is 3.96. The van der Waals surface area contributed by atoms with Gasteiger partial charge < -0.3 is 5.11 Å². The lowest BCUT2D eigenvalue weighted by Crippen LogP contribution is -2.05. The molecular formula is C18H10F2N4O2S. The van der Waals surface area contributed by atoms with Crippen molar-refractivity contribution in [2.45, 2.75) is 0 Å². The molecule has 0 radical (unpaired) electrons. The Morgan fingerprint density at radius 3 is 2.78 bits per heavy atom. The van der Waals surface area contributed by atoms with Crippen LogP contribution >= 0.6 is 11.3 Å². The summed E-state index contributed by atoms with van der Waals surface area (Å²) in [5, 5.41) is 24.0. The van der Waals surface area contributed by atoms with Gasteiger partial charge in [-0.05, 0) is 30.3 Å². The van der Waals surface area contributed by atoms with Gasteiger partial charge in [-0.25, -0.2) is 18.6 Å². The second-order valence-electron chi connectivity index (χ2n) is 5.20. The summed E-state index contributed by atoms with van der Waals surface area (Å²) in [5.41, 5.74) is 2.73. The van der Waals surface area contributed by atoms with E-state index in [1.165, 1.54) is 17.5 Å². The number of anilines is 1. The third-order valence-electron chi connectivity index (χ3n) is 3.46. The van der Waals surface area contributed by atoms with Gasteiger partial charge in [-0.15, -0.1) is 11.3 Å². The maximum atomic E-state index is 13.9. The first-order valence-corrected chi connectivity index (χ1v) is 8.35. The minimum atomic E-state index is -1.15. The number of aromatic nitrogens is 1. The molecule has 3 rings (SSSR count). The number of carboxylic acids is 1. The number of carboxylic acid groups (broad SMARTS) is 1. The molecule has 0 aliphatic rings. The number of benzene rings is 2. The summed E-state index contributed by atoms with van der Waals surface area (Å²) < 4.78 is 27.2. The van der Waals surface area contributed by atoms with Crippen LogP contribution in [0, 0.1) is 23.0 Å². The van der Waals surface area contributed by atoms with Gasteiger partial charge in [0, 0.05) is 10.9 Å². The van der Waals surface area contributed by atoms with E-state index in [4.69, 9.17) is 5.11 Å². The predicted octanol–water partition coefficient (Wildman–Crippen LogP) is 4.13. The van der Waals surface area contributed by atoms with Gasteiger partial charge in [0.15, 0.2) is 10.7 Å². The Labute approximate surface area is 156 Å². The summed E-state index contributed by atoms with van der Waals surface area (Å²) in [6, 6.07) is 10.9. The normalized spacial score (nSPS) is 11.1. The highest BCUT2D eigenvalue weighted by atomic mass is 32.1. The van der Waals surface area contributed by atoms with Gasteiger partial charge in [-0.3, -0.25) is 5.43 Å². The van der Waals surface area contributed by atoms with Crippen LogP contribution in [0.1, 0.15) is 15.4 Å². The van der Waals surface area contributed by atoms with Crippen LogP contribution in [0.15, 0.2) is 52.9 Å². The lowest BCUT2D eigenvalue weighted by molar-refractivity contribution is 0.0698. The maximum Gasteiger partial charge on any atom is 0.337 e. The second-order valence-corrected chi connectivity index (χ2v) is 6.05. The third-order valence-corrected chi connectivity index (χ3v) is 4.31. The number of aromatic carboxylic acids is 1. The number of nitrogens with one attached hydrogen (secondary N) is 1. The van der Waals surface area contributed by atoms with Gasteiger partial charge in [0.1, 0.15) is 17.7 Å². The van der Waals surface area contributed by atoms with Crippen LogP contribution in [-0.4, -0.2) is 21.8 Å². The van der Waals surface area contributed by atoms with E-state index in [0.717, 1.165) is 29.5 Å². The Morgan fingerprint density at radius 2 is 2.04 bits per heavy atom. The lowest BCUT2D eigenvalue weighted by atomic mass is 10.1. The first-order chi connectivity index (χ1) is 13.0. The molecule has 134 valence electrons. The highest BCUT2D eigenvalue weighted by Crippen LogP contribution is 2.26. The molecule has 1 aromatic heterocycles. The molecule has 0 saturated heterocycles. The predicted molar refractivity (Wildman–Crippen MR) is 96.6 cm³/mol. The molecule has 0 saturated carbocycles. The number of hydrazone groups is 1. The van der Waals surface area contributed by atoms with E-state index in [9.17, 15) is 18.8 Å². The molecule has 1 heterocycles. The number of carbonyl (C=O) groups is 1. The molecule has 27 heavy (non-hydrogen) atoms. The summed E-state index contributed by atoms with van der Waals surface area (Å²) in [7, 11) is 0. The zero-order valence-corrected chi connectivity index (χ0v) is 14.3. The van der Waals surface area contributed by atoms with Gasteiger partial charge in [0.25, 0.3) is 0 Å². The van der Waals surface area contributed by atoms with Crippen molar-refractivity contribution in [1.82, 2.24) is 4.98 Å². The standard InChI is InChI=1S/C18H10F2N4O2S/c19-10-5-6-13(20)12(7-10)16-9-27-17(22-16)15(8-21)24-23-14-4-2-1-3-11(14)18(25)26/h1-7,9,23H,(H,25,26). The lowest BCUT2D eigenvalue weighted by Gasteiger charge is -2.04. The highest BCUT2D eigenvalue weighted by Gasteiger charge is 2.15. The molecule has 9 heteroatoms. The molecule has 0 aliphatic heterocycles. The molecule has 0 fully saturated rings. The van der Waals surface area contributed by atoms with Crippen molar-refractivity contribution in [3.8, 4) is 17.3 Å². The Balaban J connectivity index is 1.90. The van der Waals surface area contributed by atoms with E-state index in [2.05, 4.69) is 15.5 Å². The zero-order chi connectivity index (χ0) is 19.4. The van der Waals surface area contributed by atoms with E-state index < -0.39 is 17.6 Å². The first-order valence-electron chi connectivity index (χ1n) is 7.47. The average Bonchev–Trinajstić information content (AvgIpc) is 3.14. The largest absolute Gasteiger partial charge is 0.478 e. The Kier molecular flexibility index (Phi) is 5.19. The zero-order valence-electron chi connectivity index (χ0n) is 13.5. The Bertz CT molecular complexity index is 1090. The van der Waals surface area contributed by atoms with Crippen LogP contribution < -0.4 is 5.43 Å². The Morgan fingerprint density at radius 1 is 1.26 bits per heavy atom. The molecule has 2 N–H and O–H groups in total. The summed E-state index contributed by atoms with van der Waals surface area (Å²) in [6.07, 6.45) is 0. The minimum absolute atomic E-state index is 0.0137. The van der Waals surface area contributed by atoms with Crippen molar-refractivity contribution >= 4 is 28.7 Å². The summed E-state index contributed by atoms with van der Waals surface area (Å²) in [6.45, 7) is 0. The fourth-order valence-electron chi connectivity index (χ4n) is 2.20. The summed E-state index contributed by atoms with van der Waals surface area (Å²) in [4.78, 5) is 15.3. The number of thiazole rings is 1. The van der Waals surface area contributed by atoms with Gasteiger partial charge in [-0.1, -0.05) is 12.1 Å². The van der Waals surface area contributed by atoms with E-state index in [1.807, 2.05) is 6.07 Å². The van der Waals surface area contributed by atoms with E-state index >= 15 is 0 Å². The molecule has 0 aliphatic carbocycles. The quantitative estimate of drug-likeness (QED) is 0.509. The summed E-state index contributed by atoms with van der Waals surface area (Å²) in [5.74, 6) is -2.40. The van der Waals surface area contributed by atoms with Gasteiger partial charge >= 0.3 is 5.97 Å². The molecule has 0 bridgehead atoms. The van der Waals surface area contributed by atoms with Crippen molar-refractivity contribution < 1.29 is 18.7 Å². The molecule has 0 spiro atoms. The van der Waals surface area contributed by atoms with Crippen LogP contribution in [0.3, 0.4) is 0 Å². The smallest absolute Gasteiger partial charge is 0.337 e. The first kappa shape index (κ1) is 18.2. The van der Waals surface area contributed by atoms with E-state index in [-0.39, 0.29) is 33.2 Å². The summed E-state index contributed by atoms with van der Waals surface area (Å²) >= 11 is 1.03. The van der Waals surface area contributed by atoms with Crippen LogP contribution in [0.25, 0.3) is 11.3 Å².